The smallest absolute Gasteiger partial charge is 0.328 e. The molecule has 0 atom stereocenters. The zero-order chi connectivity index (χ0) is 6.57. The van der Waals surface area contributed by atoms with E-state index in [1.165, 1.54) is 0 Å². The number of rotatable bonds is 2. The van der Waals surface area contributed by atoms with Crippen molar-refractivity contribution in [2.75, 3.05) is 0 Å². The van der Waals surface area contributed by atoms with Crippen LogP contribution < -0.4 is 0 Å². The van der Waals surface area contributed by atoms with Crippen LogP contribution in [0.2, 0.25) is 0 Å². The van der Waals surface area contributed by atoms with Crippen molar-refractivity contribution in [3.63, 3.8) is 0 Å². The highest BCUT2D eigenvalue weighted by Gasteiger charge is 1.88. The molecule has 0 aliphatic rings. The number of halogens is 1. The third-order valence-electron chi connectivity index (χ3n) is 0.368. The van der Waals surface area contributed by atoms with Gasteiger partial charge in [0.25, 0.3) is 0 Å². The molecule has 4 nitrogen and oxygen atoms in total. The van der Waals surface area contributed by atoms with Crippen molar-refractivity contribution in [1.82, 2.24) is 0 Å². The molecule has 0 aliphatic carbocycles. The van der Waals surface area contributed by atoms with E-state index in [-0.39, 0.29) is 17.0 Å². The number of carboxylic acid groups (broad SMARTS) is 2. The zero-order valence-electron chi connectivity index (χ0n) is 4.27. The summed E-state index contributed by atoms with van der Waals surface area (Å²) in [5.74, 6) is -2.51. The van der Waals surface area contributed by atoms with Crippen molar-refractivity contribution in [2.24, 2.45) is 0 Å². The van der Waals surface area contributed by atoms with Crippen molar-refractivity contribution in [3.05, 3.63) is 12.2 Å². The van der Waals surface area contributed by atoms with Gasteiger partial charge in [0, 0.05) is 12.2 Å². The summed E-state index contributed by atoms with van der Waals surface area (Å²) in [5, 5.41) is 15.6. The number of carboxylic acids is 2. The van der Waals surface area contributed by atoms with Crippen molar-refractivity contribution in [2.45, 2.75) is 0 Å². The quantitative estimate of drug-likeness (QED) is 0.623. The first-order valence-electron chi connectivity index (χ1n) is 1.77. The monoisotopic (exact) mass is 196 g/mol. The van der Waals surface area contributed by atoms with E-state index in [0.29, 0.717) is 12.2 Å². The Balaban J connectivity index is 0. The molecule has 0 spiro atoms. The molecule has 0 aromatic heterocycles. The Morgan fingerprint density at radius 2 is 1.22 bits per heavy atom. The molecule has 5 heteroatoms. The van der Waals surface area contributed by atoms with Crippen molar-refractivity contribution in [3.8, 4) is 0 Å². The molecule has 0 aromatic rings. The summed E-state index contributed by atoms with van der Waals surface area (Å²) >= 11 is 0. The molecule has 0 saturated carbocycles. The van der Waals surface area contributed by atoms with Gasteiger partial charge in [-0.15, -0.1) is 17.0 Å². The van der Waals surface area contributed by atoms with Gasteiger partial charge in [-0.1, -0.05) is 0 Å². The lowest BCUT2D eigenvalue weighted by molar-refractivity contribution is -0.134. The molecule has 0 saturated heterocycles. The lowest BCUT2D eigenvalue weighted by atomic mass is 10.5. The summed E-state index contributed by atoms with van der Waals surface area (Å²) in [5.41, 5.74) is 0. The van der Waals surface area contributed by atoms with E-state index < -0.39 is 11.9 Å². The van der Waals surface area contributed by atoms with Crippen LogP contribution in [0.15, 0.2) is 12.2 Å². The second kappa shape index (κ2) is 5.30. The molecule has 0 heterocycles. The Bertz CT molecular complexity index is 124. The van der Waals surface area contributed by atoms with Crippen LogP contribution >= 0.6 is 17.0 Å². The van der Waals surface area contributed by atoms with E-state index in [1.807, 2.05) is 0 Å². The number of hydrogen-bond donors (Lipinski definition) is 2. The highest BCUT2D eigenvalue weighted by molar-refractivity contribution is 8.93. The molecule has 0 unspecified atom stereocenters. The SMILES string of the molecule is Br.O=C(O)/C=C/C(=O)O. The molecule has 0 aromatic carbocycles. The molecule has 0 fully saturated rings. The Hall–Kier alpha value is -0.840. The summed E-state index contributed by atoms with van der Waals surface area (Å²) in [7, 11) is 0. The van der Waals surface area contributed by atoms with E-state index >= 15 is 0 Å². The van der Waals surface area contributed by atoms with Gasteiger partial charge in [-0.25, -0.2) is 9.59 Å². The van der Waals surface area contributed by atoms with Crippen LogP contribution in [0.3, 0.4) is 0 Å². The standard InChI is InChI=1S/C4H4O4.BrH/c5-3(6)1-2-4(7)8;/h1-2H,(H,5,6)(H,7,8);1H/b2-1+;. The minimum Gasteiger partial charge on any atom is -0.478 e. The molecule has 0 amide bonds. The van der Waals surface area contributed by atoms with Crippen molar-refractivity contribution in [1.29, 1.82) is 0 Å². The van der Waals surface area contributed by atoms with Gasteiger partial charge in [0.05, 0.1) is 0 Å². The first-order valence-corrected chi connectivity index (χ1v) is 1.77. The van der Waals surface area contributed by atoms with Crippen LogP contribution in [-0.2, 0) is 9.59 Å². The Kier molecular flexibility index (Phi) is 6.49. The second-order valence-corrected chi connectivity index (χ2v) is 1.01. The third-order valence-corrected chi connectivity index (χ3v) is 0.368. The van der Waals surface area contributed by atoms with Gasteiger partial charge in [0.15, 0.2) is 0 Å². The van der Waals surface area contributed by atoms with E-state index in [9.17, 15) is 9.59 Å². The van der Waals surface area contributed by atoms with Gasteiger partial charge in [-0.2, -0.15) is 0 Å². The predicted octanol–water partition coefficient (Wildman–Crippen LogP) is 0.290. The molecule has 0 bridgehead atoms. The van der Waals surface area contributed by atoms with E-state index in [4.69, 9.17) is 10.2 Å². The van der Waals surface area contributed by atoms with Crippen LogP contribution in [0.1, 0.15) is 0 Å². The minimum atomic E-state index is -1.26. The second-order valence-electron chi connectivity index (χ2n) is 1.01. The lowest BCUT2D eigenvalue weighted by Gasteiger charge is -1.74. The zero-order valence-corrected chi connectivity index (χ0v) is 5.99. The fraction of sp³-hybridized carbons (Fsp3) is 0. The molecule has 0 rings (SSSR count). The average Bonchev–Trinajstić information content (AvgIpc) is 1.61. The molecule has 9 heavy (non-hydrogen) atoms. The van der Waals surface area contributed by atoms with Crippen LogP contribution in [0.4, 0.5) is 0 Å². The van der Waals surface area contributed by atoms with Gasteiger partial charge < -0.3 is 10.2 Å². The average molecular weight is 197 g/mol. The van der Waals surface area contributed by atoms with Crippen LogP contribution in [0.5, 0.6) is 0 Å². The first-order chi connectivity index (χ1) is 3.63. The highest BCUT2D eigenvalue weighted by atomic mass is 79.9. The number of carbonyl (C=O) groups is 2. The fourth-order valence-electron chi connectivity index (χ4n) is 0.143. The highest BCUT2D eigenvalue weighted by Crippen LogP contribution is 1.70. The molecule has 2 N–H and O–H groups in total. The van der Waals surface area contributed by atoms with Gasteiger partial charge in [0.1, 0.15) is 0 Å². The Morgan fingerprint density at radius 3 is 1.33 bits per heavy atom. The predicted molar refractivity (Wildman–Crippen MR) is 34.7 cm³/mol. The number of hydrogen-bond acceptors (Lipinski definition) is 2. The molecular formula is C4H5BrO4. The maximum Gasteiger partial charge on any atom is 0.328 e. The van der Waals surface area contributed by atoms with Crippen LogP contribution in [-0.4, -0.2) is 22.2 Å². The van der Waals surface area contributed by atoms with E-state index in [1.54, 1.807) is 0 Å². The molecule has 0 aliphatic heterocycles. The van der Waals surface area contributed by atoms with Gasteiger partial charge in [-0.05, 0) is 0 Å². The molecule has 52 valence electrons. The summed E-state index contributed by atoms with van der Waals surface area (Å²) in [6.45, 7) is 0. The first kappa shape index (κ1) is 11.0. The maximum absolute atomic E-state index is 9.55. The van der Waals surface area contributed by atoms with E-state index in [0.717, 1.165) is 0 Å². The van der Waals surface area contributed by atoms with Gasteiger partial charge >= 0.3 is 11.9 Å². The lowest BCUT2D eigenvalue weighted by Crippen LogP contribution is -1.91. The van der Waals surface area contributed by atoms with Crippen LogP contribution in [0.25, 0.3) is 0 Å². The number of aliphatic carboxylic acids is 2. The Morgan fingerprint density at radius 1 is 1.00 bits per heavy atom. The summed E-state index contributed by atoms with van der Waals surface area (Å²) in [4.78, 5) is 19.1. The van der Waals surface area contributed by atoms with Crippen LogP contribution in [0, 0.1) is 0 Å². The van der Waals surface area contributed by atoms with Crippen molar-refractivity contribution < 1.29 is 19.8 Å². The Labute approximate surface area is 61.6 Å². The van der Waals surface area contributed by atoms with Gasteiger partial charge in [-0.3, -0.25) is 0 Å². The minimum absolute atomic E-state index is 0. The molecular weight excluding hydrogens is 192 g/mol. The molecule has 0 radical (unpaired) electrons. The topological polar surface area (TPSA) is 74.6 Å². The largest absolute Gasteiger partial charge is 0.478 e. The summed E-state index contributed by atoms with van der Waals surface area (Å²) in [6, 6.07) is 0. The van der Waals surface area contributed by atoms with Crippen molar-refractivity contribution >= 4 is 28.9 Å². The fourth-order valence-corrected chi connectivity index (χ4v) is 0.143. The normalized spacial score (nSPS) is 8.44. The maximum atomic E-state index is 9.55. The summed E-state index contributed by atoms with van der Waals surface area (Å²) < 4.78 is 0. The third kappa shape index (κ3) is 11.0. The van der Waals surface area contributed by atoms with Gasteiger partial charge in [0.2, 0.25) is 0 Å². The summed E-state index contributed by atoms with van der Waals surface area (Å²) in [6.07, 6.45) is 1.12. The van der Waals surface area contributed by atoms with E-state index in [2.05, 4.69) is 0 Å².